The highest BCUT2D eigenvalue weighted by Gasteiger charge is 2.55. The predicted octanol–water partition coefficient (Wildman–Crippen LogP) is 3.00. The van der Waals surface area contributed by atoms with Crippen molar-refractivity contribution in [3.63, 3.8) is 0 Å². The van der Waals surface area contributed by atoms with Crippen molar-refractivity contribution < 1.29 is 24.3 Å². The molecule has 0 radical (unpaired) electrons. The van der Waals surface area contributed by atoms with Gasteiger partial charge in [-0.25, -0.2) is 9.90 Å². The number of halogens is 1. The van der Waals surface area contributed by atoms with Crippen molar-refractivity contribution in [3.8, 4) is 0 Å². The molecular weight excluding hydrogens is 372 g/mol. The maximum absolute atomic E-state index is 13.2. The number of ether oxygens (including phenoxy) is 1. The molecule has 1 fully saturated rings. The number of rotatable bonds is 5. The van der Waals surface area contributed by atoms with Gasteiger partial charge in [0.25, 0.3) is 5.91 Å². The van der Waals surface area contributed by atoms with Gasteiger partial charge in [-0.2, -0.15) is 5.06 Å². The summed E-state index contributed by atoms with van der Waals surface area (Å²) in [5.41, 5.74) is 1.75. The number of aryl methyl sites for hydroxylation is 2. The summed E-state index contributed by atoms with van der Waals surface area (Å²) in [7, 11) is 3.09. The number of methoxy groups -OCH3 is 1. The molecule has 0 saturated carbocycles. The second-order valence-electron chi connectivity index (χ2n) is 6.92. The highest BCUT2D eigenvalue weighted by molar-refractivity contribution is 6.35. The molecule has 1 aromatic rings. The first-order valence-corrected chi connectivity index (χ1v) is 9.20. The van der Waals surface area contributed by atoms with Gasteiger partial charge in [-0.3, -0.25) is 4.79 Å². The number of hydrogen-bond acceptors (Lipinski definition) is 6. The van der Waals surface area contributed by atoms with Crippen LogP contribution >= 0.6 is 11.6 Å². The SMILES string of the molecule is COCON1C(=O)C(c2cc(C)c(C)cc2Cl)=C(O)C12CCN(OC)CC2. The van der Waals surface area contributed by atoms with Crippen molar-refractivity contribution in [2.45, 2.75) is 32.2 Å². The van der Waals surface area contributed by atoms with E-state index in [-0.39, 0.29) is 18.1 Å². The molecule has 1 spiro atoms. The molecule has 7 nitrogen and oxygen atoms in total. The topological polar surface area (TPSA) is 71.5 Å². The van der Waals surface area contributed by atoms with E-state index in [0.29, 0.717) is 36.5 Å². The van der Waals surface area contributed by atoms with E-state index in [1.165, 1.54) is 12.2 Å². The third-order valence-electron chi connectivity index (χ3n) is 5.42. The first-order chi connectivity index (χ1) is 12.9. The van der Waals surface area contributed by atoms with Crippen molar-refractivity contribution >= 4 is 23.1 Å². The second-order valence-corrected chi connectivity index (χ2v) is 7.33. The standard InChI is InChI=1S/C19H25ClN2O5/c1-12-9-14(15(20)10-13(12)2)16-17(23)19(5-7-21(26-4)8-6-19)22(18(16)24)27-11-25-3/h9-10,23H,5-8,11H2,1-4H3. The Morgan fingerprint density at radius 1 is 1.19 bits per heavy atom. The summed E-state index contributed by atoms with van der Waals surface area (Å²) in [5, 5.41) is 14.6. The average Bonchev–Trinajstić information content (AvgIpc) is 2.84. The van der Waals surface area contributed by atoms with Gasteiger partial charge in [-0.15, -0.1) is 0 Å². The zero-order valence-corrected chi connectivity index (χ0v) is 16.8. The molecule has 1 amide bonds. The van der Waals surface area contributed by atoms with Gasteiger partial charge in [0.2, 0.25) is 0 Å². The van der Waals surface area contributed by atoms with Crippen LogP contribution in [-0.4, -0.2) is 60.8 Å². The maximum Gasteiger partial charge on any atom is 0.282 e. The first kappa shape index (κ1) is 20.1. The van der Waals surface area contributed by atoms with Crippen molar-refractivity contribution in [1.29, 1.82) is 0 Å². The Labute approximate surface area is 164 Å². The molecule has 1 N–H and O–H groups in total. The Balaban J connectivity index is 2.08. The summed E-state index contributed by atoms with van der Waals surface area (Å²) in [6.07, 6.45) is 0.933. The fourth-order valence-electron chi connectivity index (χ4n) is 3.71. The number of carbonyl (C=O) groups excluding carboxylic acids is 1. The zero-order chi connectivity index (χ0) is 19.8. The zero-order valence-electron chi connectivity index (χ0n) is 16.0. The Bertz CT molecular complexity index is 772. The lowest BCUT2D eigenvalue weighted by molar-refractivity contribution is -0.259. The number of amides is 1. The monoisotopic (exact) mass is 396 g/mol. The minimum absolute atomic E-state index is 0.00971. The molecule has 8 heteroatoms. The van der Waals surface area contributed by atoms with Gasteiger partial charge in [0.1, 0.15) is 11.3 Å². The second kappa shape index (κ2) is 7.77. The highest BCUT2D eigenvalue weighted by atomic mass is 35.5. The van der Waals surface area contributed by atoms with Crippen LogP contribution in [0.2, 0.25) is 5.02 Å². The molecule has 0 atom stereocenters. The third-order valence-corrected chi connectivity index (χ3v) is 5.74. The van der Waals surface area contributed by atoms with Gasteiger partial charge in [-0.05, 0) is 49.9 Å². The van der Waals surface area contributed by atoms with E-state index < -0.39 is 11.4 Å². The molecule has 2 heterocycles. The minimum atomic E-state index is -0.956. The first-order valence-electron chi connectivity index (χ1n) is 8.82. The van der Waals surface area contributed by atoms with E-state index >= 15 is 0 Å². The maximum atomic E-state index is 13.2. The van der Waals surface area contributed by atoms with Crippen LogP contribution in [0.4, 0.5) is 0 Å². The Kier molecular flexibility index (Phi) is 5.79. The fourth-order valence-corrected chi connectivity index (χ4v) is 4.02. The Morgan fingerprint density at radius 3 is 2.41 bits per heavy atom. The van der Waals surface area contributed by atoms with Crippen molar-refractivity contribution in [2.24, 2.45) is 0 Å². The van der Waals surface area contributed by atoms with Gasteiger partial charge in [-0.1, -0.05) is 11.6 Å². The molecule has 0 aromatic heterocycles. The number of benzene rings is 1. The van der Waals surface area contributed by atoms with Gasteiger partial charge in [0, 0.05) is 30.8 Å². The molecule has 2 aliphatic rings. The molecule has 1 saturated heterocycles. The number of hydrogen-bond donors (Lipinski definition) is 1. The van der Waals surface area contributed by atoms with Gasteiger partial charge >= 0.3 is 0 Å². The molecule has 0 aliphatic carbocycles. The third kappa shape index (κ3) is 3.34. The normalized spacial score (nSPS) is 20.2. The van der Waals surface area contributed by atoms with E-state index in [9.17, 15) is 9.90 Å². The number of aliphatic hydroxyl groups is 1. The Morgan fingerprint density at radius 2 is 1.81 bits per heavy atom. The van der Waals surface area contributed by atoms with Crippen LogP contribution in [0.1, 0.15) is 29.5 Å². The van der Waals surface area contributed by atoms with E-state index in [0.717, 1.165) is 11.1 Å². The smallest absolute Gasteiger partial charge is 0.282 e. The molecule has 148 valence electrons. The number of hydroxylamine groups is 4. The number of carbonyl (C=O) groups is 1. The molecule has 1 aromatic carbocycles. The van der Waals surface area contributed by atoms with Crippen LogP contribution in [-0.2, 0) is 19.2 Å². The summed E-state index contributed by atoms with van der Waals surface area (Å²) in [6.45, 7) is 4.90. The van der Waals surface area contributed by atoms with E-state index in [4.69, 9.17) is 26.0 Å². The average molecular weight is 397 g/mol. The van der Waals surface area contributed by atoms with Crippen LogP contribution in [0.5, 0.6) is 0 Å². The summed E-state index contributed by atoms with van der Waals surface area (Å²) in [4.78, 5) is 24.1. The number of nitrogens with zero attached hydrogens (tertiary/aromatic N) is 2. The number of aliphatic hydroxyl groups excluding tert-OH is 1. The lowest BCUT2D eigenvalue weighted by Gasteiger charge is -2.42. The van der Waals surface area contributed by atoms with E-state index in [1.807, 2.05) is 19.9 Å². The summed E-state index contributed by atoms with van der Waals surface area (Å²) in [6, 6.07) is 3.64. The molecule has 27 heavy (non-hydrogen) atoms. The van der Waals surface area contributed by atoms with Crippen LogP contribution in [0.25, 0.3) is 5.57 Å². The molecule has 3 rings (SSSR count). The molecule has 0 bridgehead atoms. The largest absolute Gasteiger partial charge is 0.509 e. The minimum Gasteiger partial charge on any atom is -0.509 e. The van der Waals surface area contributed by atoms with Crippen LogP contribution in [0.15, 0.2) is 17.9 Å². The molecule has 2 aliphatic heterocycles. The highest BCUT2D eigenvalue weighted by Crippen LogP contribution is 2.46. The van der Waals surface area contributed by atoms with Crippen LogP contribution in [0, 0.1) is 13.8 Å². The summed E-state index contributed by atoms with van der Waals surface area (Å²) < 4.78 is 4.99. The molecular formula is C19H25ClN2O5. The van der Waals surface area contributed by atoms with Gasteiger partial charge < -0.3 is 14.7 Å². The fraction of sp³-hybridized carbons (Fsp3) is 0.526. The van der Waals surface area contributed by atoms with Crippen LogP contribution < -0.4 is 0 Å². The van der Waals surface area contributed by atoms with E-state index in [1.54, 1.807) is 18.2 Å². The summed E-state index contributed by atoms with van der Waals surface area (Å²) in [5.74, 6) is -0.426. The Hall–Kier alpha value is -1.64. The lowest BCUT2D eigenvalue weighted by atomic mass is 9.86. The summed E-state index contributed by atoms with van der Waals surface area (Å²) >= 11 is 6.43. The van der Waals surface area contributed by atoms with E-state index in [2.05, 4.69) is 0 Å². The van der Waals surface area contributed by atoms with Crippen molar-refractivity contribution in [2.75, 3.05) is 34.1 Å². The quantitative estimate of drug-likeness (QED) is 0.771. The van der Waals surface area contributed by atoms with Crippen LogP contribution in [0.3, 0.4) is 0 Å². The molecule has 0 unspecified atom stereocenters. The van der Waals surface area contributed by atoms with Gasteiger partial charge in [0.15, 0.2) is 6.79 Å². The van der Waals surface area contributed by atoms with Gasteiger partial charge in [0.05, 0.1) is 12.7 Å². The predicted molar refractivity (Wildman–Crippen MR) is 101 cm³/mol. The van der Waals surface area contributed by atoms with Crippen molar-refractivity contribution in [3.05, 3.63) is 39.6 Å². The lowest BCUT2D eigenvalue weighted by Crippen LogP contribution is -2.55. The van der Waals surface area contributed by atoms with Crippen molar-refractivity contribution in [1.82, 2.24) is 10.1 Å². The number of piperidine rings is 1.